The number of fused-ring (bicyclic) bond motifs is 5. The number of aliphatic hydroxyl groups is 3. The quantitative estimate of drug-likeness (QED) is 0.372. The lowest BCUT2D eigenvalue weighted by Gasteiger charge is -2.65. The minimum absolute atomic E-state index is 0.0464. The van der Waals surface area contributed by atoms with Crippen LogP contribution in [0.3, 0.4) is 0 Å². The summed E-state index contributed by atoms with van der Waals surface area (Å²) in [5.74, 6) is 0.285. The van der Waals surface area contributed by atoms with Gasteiger partial charge in [0, 0.05) is 25.0 Å². The smallest absolute Gasteiger partial charge is 0.331 e. The molecule has 4 saturated carbocycles. The molecule has 5 fully saturated rings. The highest BCUT2D eigenvalue weighted by Crippen LogP contribution is 2.70. The number of esters is 1. The van der Waals surface area contributed by atoms with Crippen LogP contribution in [0.2, 0.25) is 0 Å². The van der Waals surface area contributed by atoms with E-state index in [0.29, 0.717) is 31.8 Å². The second-order valence-electron chi connectivity index (χ2n) is 13.7. The highest BCUT2D eigenvalue weighted by Gasteiger charge is 2.70. The fourth-order valence-corrected chi connectivity index (χ4v) is 10.1. The van der Waals surface area contributed by atoms with Crippen molar-refractivity contribution in [2.24, 2.45) is 34.5 Å². The summed E-state index contributed by atoms with van der Waals surface area (Å²) < 4.78 is 23.1. The van der Waals surface area contributed by atoms with Crippen molar-refractivity contribution < 1.29 is 39.1 Å². The summed E-state index contributed by atoms with van der Waals surface area (Å²) in [5, 5.41) is 34.5. The summed E-state index contributed by atoms with van der Waals surface area (Å²) in [5.41, 5.74) is -0.389. The van der Waals surface area contributed by atoms with Crippen LogP contribution in [0.5, 0.6) is 0 Å². The lowest BCUT2D eigenvalue weighted by molar-refractivity contribution is -0.278. The lowest BCUT2D eigenvalue weighted by Crippen LogP contribution is -2.66. The van der Waals surface area contributed by atoms with Crippen molar-refractivity contribution in [3.63, 3.8) is 0 Å². The normalized spacial score (nSPS) is 54.5. The number of rotatable bonds is 4. The van der Waals surface area contributed by atoms with Crippen LogP contribution in [0.4, 0.5) is 0 Å². The molecule has 214 valence electrons. The summed E-state index contributed by atoms with van der Waals surface area (Å²) in [6, 6.07) is 0. The first-order valence-electron chi connectivity index (χ1n) is 14.8. The fraction of sp³-hybridized carbons (Fsp3) is 0.900. The van der Waals surface area contributed by atoms with Crippen LogP contribution in [0, 0.1) is 34.5 Å². The van der Waals surface area contributed by atoms with E-state index in [1.165, 1.54) is 0 Å². The predicted octanol–water partition coefficient (Wildman–Crippen LogP) is 3.11. The van der Waals surface area contributed by atoms with Crippen LogP contribution >= 0.6 is 0 Å². The lowest BCUT2D eigenvalue weighted by atomic mass is 9.42. The molecule has 13 atom stereocenters. The Morgan fingerprint density at radius 2 is 1.87 bits per heavy atom. The number of hydrogen-bond acceptors (Lipinski definition) is 8. The molecule has 6 rings (SSSR count). The summed E-state index contributed by atoms with van der Waals surface area (Å²) in [7, 11) is 1.62. The molecule has 0 aromatic heterocycles. The number of carbonyl (C=O) groups excluding carboxylic acids is 1. The third-order valence-corrected chi connectivity index (χ3v) is 12.2. The molecule has 2 aliphatic heterocycles. The predicted molar refractivity (Wildman–Crippen MR) is 138 cm³/mol. The van der Waals surface area contributed by atoms with Crippen molar-refractivity contribution in [1.82, 2.24) is 0 Å². The zero-order valence-corrected chi connectivity index (χ0v) is 23.3. The van der Waals surface area contributed by atoms with Gasteiger partial charge in [-0.1, -0.05) is 13.8 Å². The Bertz CT molecular complexity index is 968. The van der Waals surface area contributed by atoms with Crippen molar-refractivity contribution in [2.45, 2.75) is 121 Å². The number of hydrogen-bond donors (Lipinski definition) is 3. The zero-order chi connectivity index (χ0) is 27.0. The van der Waals surface area contributed by atoms with Crippen molar-refractivity contribution in [3.8, 4) is 0 Å². The maximum atomic E-state index is 12.4. The van der Waals surface area contributed by atoms with E-state index in [4.69, 9.17) is 18.9 Å². The van der Waals surface area contributed by atoms with E-state index in [2.05, 4.69) is 13.8 Å². The Balaban J connectivity index is 1.18. The molecule has 1 unspecified atom stereocenters. The fourth-order valence-electron chi connectivity index (χ4n) is 10.1. The zero-order valence-electron chi connectivity index (χ0n) is 23.3. The monoisotopic (exact) mass is 534 g/mol. The Kier molecular flexibility index (Phi) is 6.80. The molecule has 3 N–H and O–H groups in total. The first-order valence-corrected chi connectivity index (χ1v) is 14.8. The molecule has 6 aliphatic rings. The highest BCUT2D eigenvalue weighted by molar-refractivity contribution is 5.85. The Morgan fingerprint density at radius 1 is 1.08 bits per heavy atom. The molecule has 0 amide bonds. The number of carbonyl (C=O) groups is 1. The third-order valence-electron chi connectivity index (χ3n) is 12.2. The Morgan fingerprint density at radius 3 is 2.58 bits per heavy atom. The molecule has 8 heteroatoms. The van der Waals surface area contributed by atoms with Crippen LogP contribution < -0.4 is 0 Å². The van der Waals surface area contributed by atoms with E-state index in [1.807, 2.05) is 6.92 Å². The SMILES string of the molecule is CO[C@@H]1CC(O[C@H]2CC[C@@]3(C)[C@H](CC[C@@H]4[C@@H]3[C@H](O)C[C@]3(C)[C@@H](C5=CC(=O)OC5)CC[C@]43O)C2)O[C@H](C)[C@@H]1O. The van der Waals surface area contributed by atoms with Gasteiger partial charge >= 0.3 is 5.97 Å². The van der Waals surface area contributed by atoms with Gasteiger partial charge in [0.2, 0.25) is 0 Å². The molecule has 0 aromatic rings. The minimum atomic E-state index is -0.850. The van der Waals surface area contributed by atoms with Crippen LogP contribution in [0.1, 0.15) is 78.6 Å². The first-order chi connectivity index (χ1) is 18.0. The van der Waals surface area contributed by atoms with E-state index in [0.717, 1.165) is 44.1 Å². The van der Waals surface area contributed by atoms with Gasteiger partial charge in [-0.2, -0.15) is 0 Å². The Labute approximate surface area is 226 Å². The largest absolute Gasteiger partial charge is 0.458 e. The molecule has 0 bridgehead atoms. The number of methoxy groups -OCH3 is 1. The van der Waals surface area contributed by atoms with Gasteiger partial charge in [-0.25, -0.2) is 4.79 Å². The van der Waals surface area contributed by atoms with Gasteiger partial charge in [0.05, 0.1) is 30.0 Å². The molecule has 0 aromatic carbocycles. The van der Waals surface area contributed by atoms with E-state index < -0.39 is 23.2 Å². The van der Waals surface area contributed by atoms with Gasteiger partial charge in [0.1, 0.15) is 12.7 Å². The maximum absolute atomic E-state index is 12.4. The molecule has 4 aliphatic carbocycles. The molecule has 2 heterocycles. The van der Waals surface area contributed by atoms with Gasteiger partial charge in [0.25, 0.3) is 0 Å². The number of ether oxygens (including phenoxy) is 4. The van der Waals surface area contributed by atoms with E-state index >= 15 is 0 Å². The van der Waals surface area contributed by atoms with Crippen LogP contribution in [0.15, 0.2) is 11.6 Å². The molecular weight excluding hydrogens is 488 g/mol. The molecule has 0 spiro atoms. The summed E-state index contributed by atoms with van der Waals surface area (Å²) in [4.78, 5) is 11.8. The maximum Gasteiger partial charge on any atom is 0.331 e. The van der Waals surface area contributed by atoms with Crippen LogP contribution in [-0.4, -0.2) is 77.4 Å². The molecule has 0 radical (unpaired) electrons. The highest BCUT2D eigenvalue weighted by atomic mass is 16.7. The van der Waals surface area contributed by atoms with Crippen LogP contribution in [-0.2, 0) is 23.7 Å². The average molecular weight is 535 g/mol. The standard InChI is InChI=1S/C30H46O8/c1-16-27(33)23(35-4)13-25(37-16)38-19-7-9-28(2)18(12-19)5-6-21-26(28)22(31)14-29(3)20(8-10-30(21,29)34)17-11-24(32)36-15-17/h11,16,18-23,25-27,31,33-34H,5-10,12-15H2,1-4H3/t16-,18-,19+,20-,21-,22-,23-,25?,26-,27+,28+,29-,30+/m1/s1. The van der Waals surface area contributed by atoms with E-state index in [-0.39, 0.29) is 53.7 Å². The van der Waals surface area contributed by atoms with Gasteiger partial charge in [-0.15, -0.1) is 0 Å². The summed E-state index contributed by atoms with van der Waals surface area (Å²) in [6.45, 7) is 6.65. The second kappa shape index (κ2) is 9.52. The van der Waals surface area contributed by atoms with Gasteiger partial charge in [0.15, 0.2) is 6.29 Å². The van der Waals surface area contributed by atoms with Gasteiger partial charge < -0.3 is 34.3 Å². The van der Waals surface area contributed by atoms with Crippen molar-refractivity contribution in [2.75, 3.05) is 13.7 Å². The first kappa shape index (κ1) is 27.2. The number of cyclic esters (lactones) is 1. The van der Waals surface area contributed by atoms with Gasteiger partial charge in [-0.3, -0.25) is 0 Å². The van der Waals surface area contributed by atoms with Crippen molar-refractivity contribution in [3.05, 3.63) is 11.6 Å². The van der Waals surface area contributed by atoms with Crippen molar-refractivity contribution >= 4 is 5.97 Å². The third kappa shape index (κ3) is 3.96. The topological polar surface area (TPSA) is 115 Å². The second-order valence-corrected chi connectivity index (χ2v) is 13.7. The Hall–Kier alpha value is -1.03. The molecular formula is C30H46O8. The van der Waals surface area contributed by atoms with Crippen LogP contribution in [0.25, 0.3) is 0 Å². The average Bonchev–Trinajstić information content (AvgIpc) is 3.41. The van der Waals surface area contributed by atoms with Crippen molar-refractivity contribution in [1.29, 1.82) is 0 Å². The minimum Gasteiger partial charge on any atom is -0.458 e. The summed E-state index contributed by atoms with van der Waals surface area (Å²) >= 11 is 0. The number of aliphatic hydroxyl groups excluding tert-OH is 2. The molecule has 38 heavy (non-hydrogen) atoms. The van der Waals surface area contributed by atoms with Gasteiger partial charge in [-0.05, 0) is 93.0 Å². The molecule has 1 saturated heterocycles. The van der Waals surface area contributed by atoms with E-state index in [1.54, 1.807) is 13.2 Å². The van der Waals surface area contributed by atoms with E-state index in [9.17, 15) is 20.1 Å². The molecule has 8 nitrogen and oxygen atoms in total. The summed E-state index contributed by atoms with van der Waals surface area (Å²) in [6.07, 6.45) is 6.83.